The van der Waals surface area contributed by atoms with Crippen LogP contribution < -0.4 is 9.47 Å². The van der Waals surface area contributed by atoms with Gasteiger partial charge in [-0.15, -0.1) is 0 Å². The van der Waals surface area contributed by atoms with Crippen molar-refractivity contribution >= 4 is 0 Å². The third kappa shape index (κ3) is 7.25. The first kappa shape index (κ1) is 25.6. The van der Waals surface area contributed by atoms with E-state index in [1.165, 1.54) is 24.3 Å². The molecular formula is C27H31F2NO4. The zero-order valence-corrected chi connectivity index (χ0v) is 19.7. The summed E-state index contributed by atoms with van der Waals surface area (Å²) in [7, 11) is 5.14. The van der Waals surface area contributed by atoms with Crippen LogP contribution in [0.25, 0.3) is 0 Å². The molecule has 5 nitrogen and oxygen atoms in total. The second-order valence-electron chi connectivity index (χ2n) is 8.17. The molecule has 0 aliphatic rings. The molecule has 0 saturated heterocycles. The summed E-state index contributed by atoms with van der Waals surface area (Å²) >= 11 is 0. The van der Waals surface area contributed by atoms with E-state index in [1.54, 1.807) is 38.5 Å². The summed E-state index contributed by atoms with van der Waals surface area (Å²) in [4.78, 5) is 2.02. The number of aliphatic hydroxyl groups excluding tert-OH is 1. The Morgan fingerprint density at radius 3 is 1.91 bits per heavy atom. The van der Waals surface area contributed by atoms with E-state index >= 15 is 0 Å². The van der Waals surface area contributed by atoms with E-state index in [1.807, 2.05) is 30.1 Å². The number of ether oxygens (including phenoxy) is 3. The van der Waals surface area contributed by atoms with E-state index in [2.05, 4.69) is 0 Å². The molecule has 3 aromatic rings. The maximum atomic E-state index is 13.4. The van der Waals surface area contributed by atoms with Gasteiger partial charge in [0.05, 0.1) is 26.9 Å². The molecule has 1 N–H and O–H groups in total. The molecule has 34 heavy (non-hydrogen) atoms. The van der Waals surface area contributed by atoms with Crippen LogP contribution in [0.1, 0.15) is 22.8 Å². The van der Waals surface area contributed by atoms with Gasteiger partial charge in [0.1, 0.15) is 17.7 Å². The molecule has 0 heterocycles. The molecule has 0 saturated carbocycles. The Labute approximate surface area is 199 Å². The Morgan fingerprint density at radius 1 is 0.824 bits per heavy atom. The SMILES string of the molecule is COc1ccc(CCN(C)C[C@@H](O)COC(c2ccc(F)cc2)c2ccc(F)cc2)cc1OC. The first-order chi connectivity index (χ1) is 16.4. The Hall–Kier alpha value is -3.00. The Bertz CT molecular complexity index is 982. The van der Waals surface area contributed by atoms with Crippen LogP contribution in [0.4, 0.5) is 8.78 Å². The van der Waals surface area contributed by atoms with Gasteiger partial charge in [-0.2, -0.15) is 0 Å². The molecule has 0 aliphatic heterocycles. The number of aliphatic hydroxyl groups is 1. The van der Waals surface area contributed by atoms with Gasteiger partial charge in [-0.25, -0.2) is 8.78 Å². The zero-order chi connectivity index (χ0) is 24.5. The summed E-state index contributed by atoms with van der Waals surface area (Å²) in [5, 5.41) is 10.6. The third-order valence-electron chi connectivity index (χ3n) is 5.55. The molecule has 0 radical (unpaired) electrons. The van der Waals surface area contributed by atoms with E-state index in [9.17, 15) is 13.9 Å². The lowest BCUT2D eigenvalue weighted by molar-refractivity contribution is -0.00536. The third-order valence-corrected chi connectivity index (χ3v) is 5.55. The monoisotopic (exact) mass is 471 g/mol. The molecule has 0 unspecified atom stereocenters. The smallest absolute Gasteiger partial charge is 0.160 e. The van der Waals surface area contributed by atoms with Crippen molar-refractivity contribution in [2.75, 3.05) is 41.0 Å². The average Bonchev–Trinajstić information content (AvgIpc) is 2.84. The highest BCUT2D eigenvalue weighted by Gasteiger charge is 2.18. The molecule has 0 amide bonds. The second kappa shape index (κ2) is 12.5. The molecule has 0 aromatic heterocycles. The Balaban J connectivity index is 1.56. The van der Waals surface area contributed by atoms with Crippen molar-refractivity contribution in [1.82, 2.24) is 4.90 Å². The topological polar surface area (TPSA) is 51.2 Å². The number of likely N-dealkylation sites (N-methyl/N-ethyl adjacent to an activating group) is 1. The van der Waals surface area contributed by atoms with Crippen molar-refractivity contribution in [1.29, 1.82) is 0 Å². The largest absolute Gasteiger partial charge is 0.493 e. The quantitative estimate of drug-likeness (QED) is 0.418. The minimum atomic E-state index is -0.737. The van der Waals surface area contributed by atoms with E-state index in [4.69, 9.17) is 14.2 Å². The van der Waals surface area contributed by atoms with Crippen LogP contribution >= 0.6 is 0 Å². The van der Waals surface area contributed by atoms with Gasteiger partial charge in [0.15, 0.2) is 11.5 Å². The van der Waals surface area contributed by atoms with Gasteiger partial charge in [0.25, 0.3) is 0 Å². The highest BCUT2D eigenvalue weighted by molar-refractivity contribution is 5.43. The highest BCUT2D eigenvalue weighted by atomic mass is 19.1. The van der Waals surface area contributed by atoms with Crippen molar-refractivity contribution in [3.8, 4) is 11.5 Å². The van der Waals surface area contributed by atoms with Gasteiger partial charge < -0.3 is 24.2 Å². The van der Waals surface area contributed by atoms with Crippen LogP contribution in [0.5, 0.6) is 11.5 Å². The van der Waals surface area contributed by atoms with Gasteiger partial charge >= 0.3 is 0 Å². The number of methoxy groups -OCH3 is 2. The van der Waals surface area contributed by atoms with E-state index in [0.717, 1.165) is 29.7 Å². The number of rotatable bonds is 12. The minimum Gasteiger partial charge on any atom is -0.493 e. The standard InChI is InChI=1S/C27H31F2NO4/c1-30(15-14-19-4-13-25(32-2)26(16-19)33-3)17-24(31)18-34-27(20-5-9-22(28)10-6-20)21-7-11-23(29)12-8-21/h4-13,16,24,27,31H,14-15,17-18H2,1-3H3/t24-/m1/s1. The number of benzene rings is 3. The van der Waals surface area contributed by atoms with Crippen molar-refractivity contribution in [2.24, 2.45) is 0 Å². The summed E-state index contributed by atoms with van der Waals surface area (Å²) in [6.07, 6.45) is -0.509. The van der Waals surface area contributed by atoms with Gasteiger partial charge in [-0.1, -0.05) is 30.3 Å². The predicted molar refractivity (Wildman–Crippen MR) is 127 cm³/mol. The normalized spacial score (nSPS) is 12.2. The number of hydrogen-bond donors (Lipinski definition) is 1. The van der Waals surface area contributed by atoms with Crippen LogP contribution in [0.2, 0.25) is 0 Å². The molecule has 182 valence electrons. The van der Waals surface area contributed by atoms with Gasteiger partial charge in [-0.3, -0.25) is 0 Å². The van der Waals surface area contributed by atoms with Crippen molar-refractivity contribution in [3.05, 3.63) is 95.1 Å². The van der Waals surface area contributed by atoms with E-state index in [0.29, 0.717) is 18.0 Å². The summed E-state index contributed by atoms with van der Waals surface area (Å²) < 4.78 is 43.4. The molecule has 7 heteroatoms. The molecule has 3 aromatic carbocycles. The number of nitrogens with zero attached hydrogens (tertiary/aromatic N) is 1. The van der Waals surface area contributed by atoms with Crippen LogP contribution in [0.15, 0.2) is 66.7 Å². The molecule has 0 bridgehead atoms. The van der Waals surface area contributed by atoms with Crippen LogP contribution in [0, 0.1) is 11.6 Å². The second-order valence-corrected chi connectivity index (χ2v) is 8.17. The lowest BCUT2D eigenvalue weighted by Crippen LogP contribution is -2.34. The van der Waals surface area contributed by atoms with Gasteiger partial charge in [-0.05, 0) is 66.6 Å². The average molecular weight is 472 g/mol. The fourth-order valence-corrected chi connectivity index (χ4v) is 3.73. The maximum absolute atomic E-state index is 13.4. The first-order valence-corrected chi connectivity index (χ1v) is 11.1. The fourth-order valence-electron chi connectivity index (χ4n) is 3.73. The minimum absolute atomic E-state index is 0.0696. The van der Waals surface area contributed by atoms with E-state index < -0.39 is 12.2 Å². The van der Waals surface area contributed by atoms with E-state index in [-0.39, 0.29) is 18.2 Å². The predicted octanol–water partition coefficient (Wildman–Crippen LogP) is 4.62. The Morgan fingerprint density at radius 2 is 1.38 bits per heavy atom. The summed E-state index contributed by atoms with van der Waals surface area (Å²) in [5.41, 5.74) is 2.55. The molecule has 1 atom stereocenters. The van der Waals surface area contributed by atoms with Crippen LogP contribution in [-0.4, -0.2) is 57.1 Å². The molecule has 0 spiro atoms. The number of hydrogen-bond acceptors (Lipinski definition) is 5. The van der Waals surface area contributed by atoms with Gasteiger partial charge in [0.2, 0.25) is 0 Å². The maximum Gasteiger partial charge on any atom is 0.160 e. The molecular weight excluding hydrogens is 440 g/mol. The zero-order valence-electron chi connectivity index (χ0n) is 19.7. The van der Waals surface area contributed by atoms with Crippen LogP contribution in [-0.2, 0) is 11.2 Å². The highest BCUT2D eigenvalue weighted by Crippen LogP contribution is 2.28. The molecule has 0 fully saturated rings. The van der Waals surface area contributed by atoms with Crippen LogP contribution in [0.3, 0.4) is 0 Å². The number of halogens is 2. The van der Waals surface area contributed by atoms with Gasteiger partial charge in [0, 0.05) is 13.1 Å². The van der Waals surface area contributed by atoms with Crippen molar-refractivity contribution < 1.29 is 28.1 Å². The lowest BCUT2D eigenvalue weighted by Gasteiger charge is -2.24. The van der Waals surface area contributed by atoms with Crippen molar-refractivity contribution in [2.45, 2.75) is 18.6 Å². The first-order valence-electron chi connectivity index (χ1n) is 11.1. The summed E-state index contributed by atoms with van der Waals surface area (Å²) in [6.45, 7) is 1.21. The molecule has 0 aliphatic carbocycles. The molecule has 3 rings (SSSR count). The lowest BCUT2D eigenvalue weighted by atomic mass is 10.0. The van der Waals surface area contributed by atoms with Crippen molar-refractivity contribution in [3.63, 3.8) is 0 Å². The summed E-state index contributed by atoms with van der Waals surface area (Å²) in [6, 6.07) is 17.8. The fraction of sp³-hybridized carbons (Fsp3) is 0.333. The Kier molecular flexibility index (Phi) is 9.39. The summed E-state index contributed by atoms with van der Waals surface area (Å²) in [5.74, 6) is 0.670.